The van der Waals surface area contributed by atoms with Crippen molar-refractivity contribution < 1.29 is 23.6 Å². The monoisotopic (exact) mass is 239 g/mol. The lowest BCUT2D eigenvalue weighted by Gasteiger charge is -2.37. The molecule has 0 radical (unpaired) electrons. The molecule has 0 unspecified atom stereocenters. The van der Waals surface area contributed by atoms with Crippen molar-refractivity contribution in [1.29, 1.82) is 0 Å². The predicted octanol–water partition coefficient (Wildman–Crippen LogP) is 3.97. The van der Waals surface area contributed by atoms with Crippen LogP contribution in [0, 0.1) is 0 Å². The first-order chi connectivity index (χ1) is 4.43. The second-order valence-corrected chi connectivity index (χ2v) is 3.77. The van der Waals surface area contributed by atoms with Gasteiger partial charge in [0.2, 0.25) is 0 Å². The molecule has 70 valence electrons. The van der Waals surface area contributed by atoms with E-state index in [0.29, 0.717) is 0 Å². The Hall–Kier alpha value is 0.0500. The zero-order valence-electron chi connectivity index (χ0n) is 4.41. The van der Waals surface area contributed by atoms with Crippen LogP contribution in [-0.4, -0.2) is 5.36 Å². The average Bonchev–Trinajstić information content (AvgIpc) is 1.57. The van der Waals surface area contributed by atoms with Gasteiger partial charge >= 0.3 is 15.9 Å². The molecule has 0 spiro atoms. The molecule has 0 heterocycles. The fourth-order valence-electron chi connectivity index (χ4n) is 0.144. The van der Waals surface area contributed by atoms with E-state index in [9.17, 15) is 19.4 Å². The van der Waals surface area contributed by atoms with Gasteiger partial charge < -0.3 is 4.18 Å². The summed E-state index contributed by atoms with van der Waals surface area (Å²) in [7, 11) is -9.97. The van der Waals surface area contributed by atoms with Crippen molar-refractivity contribution in [2.75, 3.05) is 0 Å². The molecule has 0 bridgehead atoms. The highest BCUT2D eigenvalue weighted by Crippen LogP contribution is 2.98. The van der Waals surface area contributed by atoms with Gasteiger partial charge in [-0.25, -0.2) is 0 Å². The van der Waals surface area contributed by atoms with Gasteiger partial charge in [0.15, 0.2) is 0 Å². The summed E-state index contributed by atoms with van der Waals surface area (Å²) in [5, 5.41) is -1.87. The summed E-state index contributed by atoms with van der Waals surface area (Å²) >= 11 is 8.65. The molecule has 0 aromatic carbocycles. The standard InChI is InChI=1S/CCl2F5NOS/c2-1(9-3)10-11(4,5,6,7)8/b9-1+. The molecule has 0 saturated heterocycles. The number of nitrogens with zero attached hydrogens (tertiary/aromatic N) is 1. The molecule has 0 N–H and O–H groups in total. The van der Waals surface area contributed by atoms with Crippen LogP contribution < -0.4 is 0 Å². The summed E-state index contributed by atoms with van der Waals surface area (Å²) in [6.45, 7) is 0. The third kappa shape index (κ3) is 7.95. The van der Waals surface area contributed by atoms with Gasteiger partial charge in [-0.2, -0.15) is 0 Å². The quantitative estimate of drug-likeness (QED) is 0.386. The van der Waals surface area contributed by atoms with Gasteiger partial charge in [0, 0.05) is 11.8 Å². The number of hydrogen-bond donors (Lipinski definition) is 0. The van der Waals surface area contributed by atoms with E-state index in [1.807, 2.05) is 4.51 Å². The van der Waals surface area contributed by atoms with Crippen molar-refractivity contribution in [1.82, 2.24) is 0 Å². The normalized spacial score (nSPS) is 20.5. The molecule has 0 aromatic heterocycles. The van der Waals surface area contributed by atoms with Crippen LogP contribution in [0.4, 0.5) is 19.4 Å². The summed E-state index contributed by atoms with van der Waals surface area (Å²) in [5.74, 6) is 0. The predicted molar refractivity (Wildman–Crippen MR) is 33.4 cm³/mol. The van der Waals surface area contributed by atoms with E-state index in [-0.39, 0.29) is 0 Å². The second kappa shape index (κ2) is 2.05. The van der Waals surface area contributed by atoms with Crippen LogP contribution in [0.25, 0.3) is 0 Å². The first-order valence-electron chi connectivity index (χ1n) is 1.72. The fourth-order valence-corrected chi connectivity index (χ4v) is 0.874. The summed E-state index contributed by atoms with van der Waals surface area (Å²) in [6, 6.07) is 0. The topological polar surface area (TPSA) is 21.6 Å². The molecule has 0 rings (SSSR count). The van der Waals surface area contributed by atoms with Gasteiger partial charge in [-0.1, -0.05) is 19.4 Å². The lowest BCUT2D eigenvalue weighted by Crippen LogP contribution is -2.12. The molecular weight excluding hydrogens is 240 g/mol. The number of hydrogen-bond acceptors (Lipinski definition) is 2. The van der Waals surface area contributed by atoms with Crippen molar-refractivity contribution in [3.8, 4) is 0 Å². The smallest absolute Gasteiger partial charge is 0.321 e. The molecule has 0 saturated carbocycles. The molecule has 11 heavy (non-hydrogen) atoms. The van der Waals surface area contributed by atoms with Crippen LogP contribution in [-0.2, 0) is 4.18 Å². The molecule has 0 aromatic rings. The van der Waals surface area contributed by atoms with Crippen LogP contribution in [0.2, 0.25) is 0 Å². The van der Waals surface area contributed by atoms with Crippen LogP contribution in [0.1, 0.15) is 0 Å². The maximum absolute atomic E-state index is 11.2. The zero-order chi connectivity index (χ0) is 9.40. The Morgan fingerprint density at radius 3 is 1.64 bits per heavy atom. The van der Waals surface area contributed by atoms with Crippen LogP contribution in [0.3, 0.4) is 0 Å². The van der Waals surface area contributed by atoms with E-state index in [2.05, 4.69) is 27.6 Å². The van der Waals surface area contributed by atoms with Gasteiger partial charge in [-0.05, 0) is 11.6 Å². The van der Waals surface area contributed by atoms with Gasteiger partial charge in [-0.15, -0.1) is 4.51 Å². The van der Waals surface area contributed by atoms with E-state index < -0.39 is 15.9 Å². The summed E-state index contributed by atoms with van der Waals surface area (Å²) in [4.78, 5) is 0. The van der Waals surface area contributed by atoms with Crippen molar-refractivity contribution in [2.45, 2.75) is 0 Å². The number of rotatable bonds is 1. The Labute approximate surface area is 68.0 Å². The molecular formula is CCl2F5NOS. The average molecular weight is 240 g/mol. The van der Waals surface area contributed by atoms with Crippen molar-refractivity contribution in [3.63, 3.8) is 0 Å². The maximum atomic E-state index is 11.2. The third-order valence-electron chi connectivity index (χ3n) is 0.293. The molecule has 0 aliphatic carbocycles. The van der Waals surface area contributed by atoms with E-state index in [1.165, 1.54) is 0 Å². The summed E-state index contributed by atoms with van der Waals surface area (Å²) in [6.07, 6.45) is 0. The highest BCUT2D eigenvalue weighted by molar-refractivity contribution is 8.42. The zero-order valence-corrected chi connectivity index (χ0v) is 6.74. The SMILES string of the molecule is FS(F)(F)(F)(F)O/C(Cl)=N/Cl. The second-order valence-electron chi connectivity index (χ2n) is 1.32. The van der Waals surface area contributed by atoms with Gasteiger partial charge in [0.05, 0.1) is 0 Å². The third-order valence-corrected chi connectivity index (χ3v) is 1.26. The van der Waals surface area contributed by atoms with E-state index in [0.717, 1.165) is 0 Å². The maximum Gasteiger partial charge on any atom is 0.437 e. The van der Waals surface area contributed by atoms with E-state index in [1.54, 1.807) is 0 Å². The van der Waals surface area contributed by atoms with Crippen LogP contribution in [0.15, 0.2) is 4.51 Å². The van der Waals surface area contributed by atoms with Gasteiger partial charge in [0.1, 0.15) is 0 Å². The van der Waals surface area contributed by atoms with E-state index >= 15 is 0 Å². The molecule has 0 amide bonds. The lowest BCUT2D eigenvalue weighted by molar-refractivity contribution is 0.241. The van der Waals surface area contributed by atoms with Crippen molar-refractivity contribution in [3.05, 3.63) is 0 Å². The lowest BCUT2D eigenvalue weighted by atomic mass is 11.5. The fraction of sp³-hybridized carbons (Fsp3) is 0. The summed E-state index contributed by atoms with van der Waals surface area (Å²) in [5.41, 5.74) is 0. The molecule has 0 aliphatic rings. The molecule has 0 aliphatic heterocycles. The Morgan fingerprint density at radius 2 is 1.55 bits per heavy atom. The molecule has 2 nitrogen and oxygen atoms in total. The molecule has 0 fully saturated rings. The molecule has 0 atom stereocenters. The highest BCUT2D eigenvalue weighted by Gasteiger charge is 2.68. The minimum Gasteiger partial charge on any atom is -0.321 e. The van der Waals surface area contributed by atoms with Gasteiger partial charge in [-0.3, -0.25) is 0 Å². The largest absolute Gasteiger partial charge is 0.437 e. The number of halogens is 7. The first-order valence-corrected chi connectivity index (χ1v) is 4.32. The Morgan fingerprint density at radius 1 is 1.18 bits per heavy atom. The van der Waals surface area contributed by atoms with Crippen molar-refractivity contribution in [2.24, 2.45) is 4.51 Å². The minimum atomic E-state index is -9.97. The Kier molecular flexibility index (Phi) is 2.06. The highest BCUT2D eigenvalue weighted by atomic mass is 35.5. The molecule has 10 heteroatoms. The first kappa shape index (κ1) is 11.1. The summed E-state index contributed by atoms with van der Waals surface area (Å²) < 4.78 is 60.2. The van der Waals surface area contributed by atoms with E-state index in [4.69, 9.17) is 0 Å². The van der Waals surface area contributed by atoms with Crippen LogP contribution >= 0.6 is 33.9 Å². The minimum absolute atomic E-state index is 1.87. The van der Waals surface area contributed by atoms with Gasteiger partial charge in [0.25, 0.3) is 0 Å². The van der Waals surface area contributed by atoms with Crippen molar-refractivity contribution >= 4 is 39.2 Å². The Bertz CT molecular complexity index is 194. The Balaban J connectivity index is 4.65. The van der Waals surface area contributed by atoms with Crippen LogP contribution in [0.5, 0.6) is 0 Å².